The Labute approximate surface area is 235 Å². The molecule has 0 saturated carbocycles. The lowest BCUT2D eigenvalue weighted by molar-refractivity contribution is -0.277. The third-order valence-corrected chi connectivity index (χ3v) is 7.08. The predicted octanol–water partition coefficient (Wildman–Crippen LogP) is -2.09. The lowest BCUT2D eigenvalue weighted by Crippen LogP contribution is -2.61. The minimum absolute atomic E-state index is 0.107. The van der Waals surface area contributed by atoms with Gasteiger partial charge in [0, 0.05) is 6.07 Å². The summed E-state index contributed by atoms with van der Waals surface area (Å²) in [6, 6.07) is 10.0. The van der Waals surface area contributed by atoms with E-state index in [2.05, 4.69) is 0 Å². The second kappa shape index (κ2) is 11.9. The van der Waals surface area contributed by atoms with Crippen LogP contribution in [-0.2, 0) is 14.3 Å². The Morgan fingerprint density at radius 1 is 0.762 bits per heavy atom. The SMILES string of the molecule is O=C(O)[C@H]1OC(Oc2ccc(-c3coc4cc(O[C@@H]5O[C@H](CO)[C@@H](O)[C@H](O)[C@H]5O)ccc4c3=O)cc2)[C@H](O)[C@@H](O)[C@@H]1O. The fourth-order valence-corrected chi connectivity index (χ4v) is 4.68. The van der Waals surface area contributed by atoms with Crippen molar-refractivity contribution >= 4 is 16.9 Å². The van der Waals surface area contributed by atoms with Crippen LogP contribution in [-0.4, -0.2) is 115 Å². The molecular formula is C27H28O15. The molecule has 2 fully saturated rings. The topological polar surface area (TPSA) is 246 Å². The molecule has 0 amide bonds. The highest BCUT2D eigenvalue weighted by atomic mass is 16.7. The maximum Gasteiger partial charge on any atom is 0.335 e. The molecule has 1 unspecified atom stereocenters. The second-order valence-electron chi connectivity index (χ2n) is 9.83. The molecule has 2 aliphatic rings. The van der Waals surface area contributed by atoms with E-state index in [1.165, 1.54) is 48.7 Å². The van der Waals surface area contributed by atoms with Crippen molar-refractivity contribution in [1.29, 1.82) is 0 Å². The van der Waals surface area contributed by atoms with Gasteiger partial charge in [-0.25, -0.2) is 4.79 Å². The molecule has 2 aliphatic heterocycles. The number of carboxylic acid groups (broad SMARTS) is 1. The zero-order valence-corrected chi connectivity index (χ0v) is 21.5. The Balaban J connectivity index is 1.31. The molecule has 5 rings (SSSR count). The molecule has 2 saturated heterocycles. The van der Waals surface area contributed by atoms with Gasteiger partial charge in [-0.3, -0.25) is 4.79 Å². The lowest BCUT2D eigenvalue weighted by atomic mass is 9.99. The molecule has 3 aromatic rings. The van der Waals surface area contributed by atoms with Crippen LogP contribution in [0.5, 0.6) is 11.5 Å². The van der Waals surface area contributed by atoms with Gasteiger partial charge in [0.25, 0.3) is 0 Å². The van der Waals surface area contributed by atoms with E-state index in [1.54, 1.807) is 0 Å². The van der Waals surface area contributed by atoms with Crippen LogP contribution in [0.25, 0.3) is 22.1 Å². The molecular weight excluding hydrogens is 564 g/mol. The van der Waals surface area contributed by atoms with Gasteiger partial charge in [0.05, 0.1) is 17.6 Å². The molecule has 0 aliphatic carbocycles. The number of hydrogen-bond donors (Lipinski definition) is 8. The number of benzene rings is 2. The number of aliphatic hydroxyl groups excluding tert-OH is 7. The minimum atomic E-state index is -1.86. The first-order chi connectivity index (χ1) is 20.0. The maximum absolute atomic E-state index is 13.2. The first kappa shape index (κ1) is 29.8. The zero-order valence-electron chi connectivity index (χ0n) is 21.5. The Morgan fingerprint density at radius 2 is 1.36 bits per heavy atom. The summed E-state index contributed by atoms with van der Waals surface area (Å²) in [6.45, 7) is -0.623. The van der Waals surface area contributed by atoms with Gasteiger partial charge in [-0.15, -0.1) is 0 Å². The second-order valence-corrected chi connectivity index (χ2v) is 9.83. The molecule has 15 heteroatoms. The van der Waals surface area contributed by atoms with Crippen molar-refractivity contribution in [3.8, 4) is 22.6 Å². The van der Waals surface area contributed by atoms with Crippen LogP contribution in [0.1, 0.15) is 0 Å². The third-order valence-electron chi connectivity index (χ3n) is 7.08. The fourth-order valence-electron chi connectivity index (χ4n) is 4.68. The van der Waals surface area contributed by atoms with Gasteiger partial charge in [0.1, 0.15) is 66.1 Å². The number of carbonyl (C=O) groups is 1. The van der Waals surface area contributed by atoms with Gasteiger partial charge >= 0.3 is 5.97 Å². The molecule has 0 radical (unpaired) electrons. The largest absolute Gasteiger partial charge is 0.479 e. The highest BCUT2D eigenvalue weighted by Gasteiger charge is 2.48. The predicted molar refractivity (Wildman–Crippen MR) is 137 cm³/mol. The lowest BCUT2D eigenvalue weighted by Gasteiger charge is -2.39. The Morgan fingerprint density at radius 3 is 2.00 bits per heavy atom. The molecule has 3 heterocycles. The zero-order chi connectivity index (χ0) is 30.3. The molecule has 15 nitrogen and oxygen atoms in total. The summed E-state index contributed by atoms with van der Waals surface area (Å²) in [4.78, 5) is 24.5. The van der Waals surface area contributed by atoms with Gasteiger partial charge in [-0.1, -0.05) is 12.1 Å². The molecule has 8 N–H and O–H groups in total. The number of fused-ring (bicyclic) bond motifs is 1. The molecule has 0 spiro atoms. The standard InChI is InChI=1S/C27H28O15/c28-8-16-18(30)19(31)22(34)26(41-16)40-12-5-6-13-15(7-12)38-9-14(17(13)29)10-1-3-11(4-2-10)39-27-23(35)20(32)21(33)24(42-27)25(36)37/h1-7,9,16,18-24,26-28,30-35H,8H2,(H,36,37)/t16-,18-,19+,20+,21+,22-,23-,24+,26-,27?/m1/s1. The average molecular weight is 593 g/mol. The van der Waals surface area contributed by atoms with Gasteiger partial charge in [-0.05, 0) is 29.8 Å². The Hall–Kier alpha value is -3.64. The summed E-state index contributed by atoms with van der Waals surface area (Å²) in [5, 5.41) is 78.7. The van der Waals surface area contributed by atoms with Crippen molar-refractivity contribution in [3.05, 3.63) is 59.0 Å². The smallest absolute Gasteiger partial charge is 0.335 e. The highest BCUT2D eigenvalue weighted by molar-refractivity contribution is 5.82. The van der Waals surface area contributed by atoms with Gasteiger partial charge in [-0.2, -0.15) is 0 Å². The van der Waals surface area contributed by atoms with Crippen molar-refractivity contribution in [3.63, 3.8) is 0 Å². The van der Waals surface area contributed by atoms with E-state index in [1.807, 2.05) is 0 Å². The van der Waals surface area contributed by atoms with Gasteiger partial charge in [0.15, 0.2) is 11.5 Å². The van der Waals surface area contributed by atoms with Crippen LogP contribution in [0, 0.1) is 0 Å². The van der Waals surface area contributed by atoms with Crippen molar-refractivity contribution in [2.75, 3.05) is 6.61 Å². The number of rotatable bonds is 7. The fraction of sp³-hybridized carbons (Fsp3) is 0.407. The number of aliphatic carboxylic acids is 1. The molecule has 226 valence electrons. The van der Waals surface area contributed by atoms with Crippen molar-refractivity contribution in [1.82, 2.24) is 0 Å². The average Bonchev–Trinajstić information content (AvgIpc) is 2.98. The van der Waals surface area contributed by atoms with Crippen LogP contribution in [0.3, 0.4) is 0 Å². The van der Waals surface area contributed by atoms with E-state index in [-0.39, 0.29) is 28.0 Å². The van der Waals surface area contributed by atoms with E-state index in [4.69, 9.17) is 23.4 Å². The summed E-state index contributed by atoms with van der Waals surface area (Å²) >= 11 is 0. The third kappa shape index (κ3) is 5.57. The summed E-state index contributed by atoms with van der Waals surface area (Å²) < 4.78 is 27.1. The summed E-state index contributed by atoms with van der Waals surface area (Å²) in [6.07, 6.45) is -15.0. The van der Waals surface area contributed by atoms with E-state index < -0.39 is 79.4 Å². The number of ether oxygens (including phenoxy) is 4. The van der Waals surface area contributed by atoms with Gasteiger partial charge < -0.3 is 64.2 Å². The van der Waals surface area contributed by atoms with Crippen LogP contribution < -0.4 is 14.9 Å². The quantitative estimate of drug-likeness (QED) is 0.147. The van der Waals surface area contributed by atoms with Crippen LogP contribution in [0.2, 0.25) is 0 Å². The monoisotopic (exact) mass is 592 g/mol. The van der Waals surface area contributed by atoms with Crippen molar-refractivity contribution in [2.24, 2.45) is 0 Å². The first-order valence-electron chi connectivity index (χ1n) is 12.7. The van der Waals surface area contributed by atoms with Crippen LogP contribution in [0.4, 0.5) is 0 Å². The van der Waals surface area contributed by atoms with E-state index in [9.17, 15) is 50.4 Å². The Kier molecular flexibility index (Phi) is 8.47. The molecule has 2 aromatic carbocycles. The normalized spacial score (nSPS) is 33.3. The molecule has 42 heavy (non-hydrogen) atoms. The van der Waals surface area contributed by atoms with Crippen molar-refractivity contribution in [2.45, 2.75) is 61.4 Å². The van der Waals surface area contributed by atoms with Gasteiger partial charge in [0.2, 0.25) is 12.6 Å². The van der Waals surface area contributed by atoms with Crippen LogP contribution in [0.15, 0.2) is 57.9 Å². The van der Waals surface area contributed by atoms with Crippen molar-refractivity contribution < 1.29 is 69.0 Å². The summed E-state index contributed by atoms with van der Waals surface area (Å²) in [7, 11) is 0. The molecule has 1 aromatic heterocycles. The summed E-state index contributed by atoms with van der Waals surface area (Å²) in [5.74, 6) is -1.33. The first-order valence-corrected chi connectivity index (χ1v) is 12.7. The number of carboxylic acids is 1. The Bertz CT molecular complexity index is 1470. The van der Waals surface area contributed by atoms with E-state index in [0.717, 1.165) is 0 Å². The van der Waals surface area contributed by atoms with E-state index in [0.29, 0.717) is 5.56 Å². The minimum Gasteiger partial charge on any atom is -0.479 e. The molecule has 0 bridgehead atoms. The summed E-state index contributed by atoms with van der Waals surface area (Å²) in [5.41, 5.74) is 0.318. The maximum atomic E-state index is 13.2. The number of aliphatic hydroxyl groups is 7. The number of hydrogen-bond acceptors (Lipinski definition) is 14. The van der Waals surface area contributed by atoms with E-state index >= 15 is 0 Å². The highest BCUT2D eigenvalue weighted by Crippen LogP contribution is 2.29. The molecule has 10 atom stereocenters. The van der Waals surface area contributed by atoms with Crippen LogP contribution >= 0.6 is 0 Å².